The molecular weight excluding hydrogens is 745 g/mol. The summed E-state index contributed by atoms with van der Waals surface area (Å²) in [5.74, 6) is 0.768. The van der Waals surface area contributed by atoms with E-state index in [9.17, 15) is 0 Å². The third-order valence-electron chi connectivity index (χ3n) is 12.8. The van der Waals surface area contributed by atoms with Crippen LogP contribution in [0.3, 0.4) is 0 Å². The van der Waals surface area contributed by atoms with Crippen LogP contribution in [0.25, 0.3) is 132 Å². The smallest absolute Gasteiger partial charge is 0.165 e. The lowest BCUT2D eigenvalue weighted by molar-refractivity contribution is 0.669. The summed E-state index contributed by atoms with van der Waals surface area (Å²) >= 11 is 0. The van der Waals surface area contributed by atoms with Crippen LogP contribution in [-0.2, 0) is 0 Å². The highest BCUT2D eigenvalue weighted by molar-refractivity contribution is 6.40. The molecule has 4 heterocycles. The maximum atomic E-state index is 6.49. The second-order valence-corrected chi connectivity index (χ2v) is 16.0. The van der Waals surface area contributed by atoms with Gasteiger partial charge in [-0.15, -0.1) is 0 Å². The molecule has 0 unspecified atom stereocenters. The minimum absolute atomic E-state index is 0.768. The van der Waals surface area contributed by atoms with Crippen molar-refractivity contribution in [1.82, 2.24) is 19.1 Å². The van der Waals surface area contributed by atoms with E-state index in [1.807, 2.05) is 24.3 Å². The van der Waals surface area contributed by atoms with Crippen LogP contribution < -0.4 is 0 Å². The Labute approximate surface area is 348 Å². The molecule has 0 aliphatic heterocycles. The van der Waals surface area contributed by atoms with Gasteiger partial charge in [0.1, 0.15) is 16.9 Å². The van der Waals surface area contributed by atoms with Gasteiger partial charge < -0.3 is 8.98 Å². The first-order valence-electron chi connectivity index (χ1n) is 20.8. The van der Waals surface area contributed by atoms with Crippen LogP contribution in [0, 0.1) is 0 Å². The van der Waals surface area contributed by atoms with Gasteiger partial charge in [0.25, 0.3) is 0 Å². The molecule has 14 aromatic rings. The summed E-state index contributed by atoms with van der Waals surface area (Å²) in [5.41, 5.74) is 13.0. The molecule has 0 spiro atoms. The summed E-state index contributed by atoms with van der Waals surface area (Å²) in [4.78, 5) is 11.2. The SMILES string of the molecule is c1ccc(-c2cc3c4c5c(cccc5n3-c3ccccc3)c3ccccc3c3cccc5c3c4c2n5-c2nc3ccccc3nc2-c2cccc3oc4ccccc4c23)cc1. The number of fused-ring (bicyclic) bond motifs is 7. The van der Waals surface area contributed by atoms with Crippen molar-refractivity contribution < 1.29 is 4.42 Å². The van der Waals surface area contributed by atoms with E-state index in [1.54, 1.807) is 0 Å². The molecular formula is C56H32N4O. The van der Waals surface area contributed by atoms with E-state index in [-0.39, 0.29) is 0 Å². The van der Waals surface area contributed by atoms with Gasteiger partial charge in [-0.25, -0.2) is 9.97 Å². The number of hydrogen-bond donors (Lipinski definition) is 0. The standard InChI is InChI=1S/C56H32N4O/c1-3-16-33(17-4-1)41-32-46-52-50-37(23-13-28-44(50)59(46)34-18-5-2-6-19-34)35-20-7-8-21-36(35)38-24-14-29-45-51(38)53(52)55(41)60(45)56-54(57-42-26-10-11-27-43(42)58-56)40-25-15-31-48-49(40)39-22-9-12-30-47(39)61-48/h1-32H. The van der Waals surface area contributed by atoms with Crippen molar-refractivity contribution in [3.63, 3.8) is 0 Å². The molecule has 0 atom stereocenters. The molecule has 14 rings (SSSR count). The number of rotatable bonds is 4. The zero-order valence-electron chi connectivity index (χ0n) is 32.7. The van der Waals surface area contributed by atoms with Crippen LogP contribution in [0.1, 0.15) is 0 Å². The van der Waals surface area contributed by atoms with Gasteiger partial charge in [-0.05, 0) is 81.7 Å². The van der Waals surface area contributed by atoms with Gasteiger partial charge in [0.2, 0.25) is 0 Å². The molecule has 4 aromatic heterocycles. The number of hydrogen-bond acceptors (Lipinski definition) is 3. The predicted molar refractivity (Wildman–Crippen MR) is 253 cm³/mol. The predicted octanol–water partition coefficient (Wildman–Crippen LogP) is 14.8. The van der Waals surface area contributed by atoms with Gasteiger partial charge in [-0.1, -0.05) is 140 Å². The highest BCUT2D eigenvalue weighted by Crippen LogP contribution is 2.51. The monoisotopic (exact) mass is 776 g/mol. The van der Waals surface area contributed by atoms with E-state index in [1.165, 1.54) is 48.6 Å². The molecule has 61 heavy (non-hydrogen) atoms. The van der Waals surface area contributed by atoms with Crippen molar-refractivity contribution in [2.45, 2.75) is 0 Å². The molecule has 0 radical (unpaired) electrons. The Morgan fingerprint density at radius 3 is 1.69 bits per heavy atom. The second-order valence-electron chi connectivity index (χ2n) is 16.0. The number of furan rings is 1. The second kappa shape index (κ2) is 12.1. The van der Waals surface area contributed by atoms with Gasteiger partial charge in [0, 0.05) is 49.1 Å². The normalized spacial score (nSPS) is 12.3. The molecule has 0 aliphatic carbocycles. The van der Waals surface area contributed by atoms with Crippen molar-refractivity contribution in [2.75, 3.05) is 0 Å². The van der Waals surface area contributed by atoms with Gasteiger partial charge in [0.15, 0.2) is 5.82 Å². The summed E-state index contributed by atoms with van der Waals surface area (Å²) in [6.45, 7) is 0. The van der Waals surface area contributed by atoms with Crippen LogP contribution in [-0.4, -0.2) is 19.1 Å². The molecule has 0 N–H and O–H groups in total. The average Bonchev–Trinajstić information content (AvgIpc) is 3.99. The van der Waals surface area contributed by atoms with Crippen molar-refractivity contribution in [1.29, 1.82) is 0 Å². The molecule has 10 aromatic carbocycles. The first-order valence-corrected chi connectivity index (χ1v) is 20.8. The Hall–Kier alpha value is -8.28. The minimum Gasteiger partial charge on any atom is -0.456 e. The lowest BCUT2D eigenvalue weighted by atomic mass is 9.92. The largest absolute Gasteiger partial charge is 0.456 e. The van der Waals surface area contributed by atoms with Gasteiger partial charge in [-0.3, -0.25) is 4.57 Å². The molecule has 5 nitrogen and oxygen atoms in total. The summed E-state index contributed by atoms with van der Waals surface area (Å²) in [6, 6.07) is 69.4. The molecule has 0 saturated carbocycles. The van der Waals surface area contributed by atoms with Gasteiger partial charge in [0.05, 0.1) is 33.1 Å². The van der Waals surface area contributed by atoms with E-state index < -0.39 is 0 Å². The summed E-state index contributed by atoms with van der Waals surface area (Å²) in [5, 5.41) is 11.8. The van der Waals surface area contributed by atoms with Crippen molar-refractivity contribution >= 4 is 98.1 Å². The van der Waals surface area contributed by atoms with E-state index in [2.05, 4.69) is 179 Å². The van der Waals surface area contributed by atoms with Gasteiger partial charge >= 0.3 is 0 Å². The van der Waals surface area contributed by atoms with Crippen molar-refractivity contribution in [2.24, 2.45) is 0 Å². The number of benzene rings is 9. The summed E-state index contributed by atoms with van der Waals surface area (Å²) in [6.07, 6.45) is 0. The van der Waals surface area contributed by atoms with Crippen molar-refractivity contribution in [3.05, 3.63) is 194 Å². The maximum Gasteiger partial charge on any atom is 0.165 e. The molecule has 0 aliphatic rings. The number of aromatic nitrogens is 4. The Kier molecular flexibility index (Phi) is 6.49. The first-order chi connectivity index (χ1) is 30.3. The zero-order valence-corrected chi connectivity index (χ0v) is 32.7. The quantitative estimate of drug-likeness (QED) is 0.179. The fourth-order valence-corrected chi connectivity index (χ4v) is 10.4. The molecule has 0 amide bonds. The van der Waals surface area contributed by atoms with E-state index in [0.717, 1.165) is 83.4 Å². The third-order valence-corrected chi connectivity index (χ3v) is 12.8. The first kappa shape index (κ1) is 32.7. The minimum atomic E-state index is 0.768. The topological polar surface area (TPSA) is 48.8 Å². The molecule has 5 heteroatoms. The Bertz CT molecular complexity index is 4100. The number of para-hydroxylation sites is 4. The highest BCUT2D eigenvalue weighted by atomic mass is 16.3. The van der Waals surface area contributed by atoms with Gasteiger partial charge in [-0.2, -0.15) is 0 Å². The zero-order chi connectivity index (χ0) is 39.8. The van der Waals surface area contributed by atoms with E-state index in [4.69, 9.17) is 14.4 Å². The van der Waals surface area contributed by atoms with Crippen molar-refractivity contribution in [3.8, 4) is 33.9 Å². The van der Waals surface area contributed by atoms with Crippen LogP contribution in [0.15, 0.2) is 199 Å². The lowest BCUT2D eigenvalue weighted by Gasteiger charge is -2.17. The summed E-state index contributed by atoms with van der Waals surface area (Å²) < 4.78 is 11.4. The lowest BCUT2D eigenvalue weighted by Crippen LogP contribution is -2.05. The molecule has 0 saturated heterocycles. The van der Waals surface area contributed by atoms with E-state index in [0.29, 0.717) is 0 Å². The van der Waals surface area contributed by atoms with Crippen LogP contribution >= 0.6 is 0 Å². The average molecular weight is 777 g/mol. The summed E-state index contributed by atoms with van der Waals surface area (Å²) in [7, 11) is 0. The third kappa shape index (κ3) is 4.39. The fourth-order valence-electron chi connectivity index (χ4n) is 10.4. The Morgan fingerprint density at radius 1 is 0.361 bits per heavy atom. The van der Waals surface area contributed by atoms with E-state index >= 15 is 0 Å². The van der Waals surface area contributed by atoms with Crippen LogP contribution in [0.5, 0.6) is 0 Å². The molecule has 0 fully saturated rings. The van der Waals surface area contributed by atoms with Crippen LogP contribution in [0.2, 0.25) is 0 Å². The van der Waals surface area contributed by atoms with Crippen LogP contribution in [0.4, 0.5) is 0 Å². The fraction of sp³-hybridized carbons (Fsp3) is 0. The molecule has 282 valence electrons. The highest BCUT2D eigenvalue weighted by Gasteiger charge is 2.29. The Morgan fingerprint density at radius 2 is 0.934 bits per heavy atom. The Balaban J connectivity index is 1.28. The number of nitrogens with zero attached hydrogens (tertiary/aromatic N) is 4. The molecule has 0 bridgehead atoms. The maximum absolute atomic E-state index is 6.49.